The van der Waals surface area contributed by atoms with Crippen molar-refractivity contribution in [2.75, 3.05) is 5.73 Å². The molecule has 1 aliphatic heterocycles. The largest absolute Gasteiger partial charge is 0.384 e. The number of hydrogen-bond donors (Lipinski definition) is 1. The monoisotopic (exact) mass is 289 g/mol. The zero-order valence-corrected chi connectivity index (χ0v) is 13.8. The molecule has 1 fully saturated rings. The summed E-state index contributed by atoms with van der Waals surface area (Å²) in [4.78, 5) is 19.3. The number of nitrogens with two attached hydrogens (primary N) is 1. The molecule has 0 aliphatic carbocycles. The van der Waals surface area contributed by atoms with Crippen LogP contribution in [0.1, 0.15) is 69.9 Å². The van der Waals surface area contributed by atoms with Gasteiger partial charge in [0.25, 0.3) is 5.91 Å². The lowest BCUT2D eigenvalue weighted by molar-refractivity contribution is 0.0676. The maximum atomic E-state index is 12.9. The Hall–Kier alpha value is -1.58. The predicted octanol–water partition coefficient (Wildman–Crippen LogP) is 3.36. The van der Waals surface area contributed by atoms with Gasteiger partial charge in [-0.15, -0.1) is 0 Å². The van der Waals surface area contributed by atoms with E-state index in [4.69, 9.17) is 5.73 Å². The van der Waals surface area contributed by atoms with E-state index in [-0.39, 0.29) is 11.3 Å². The lowest BCUT2D eigenvalue weighted by Crippen LogP contribution is -2.39. The van der Waals surface area contributed by atoms with Crippen LogP contribution in [-0.2, 0) is 5.41 Å². The molecule has 0 bridgehead atoms. The summed E-state index contributed by atoms with van der Waals surface area (Å²) in [6, 6.07) is 4.25. The fourth-order valence-corrected chi connectivity index (χ4v) is 3.05. The second-order valence-electron chi connectivity index (χ2n) is 7.12. The quantitative estimate of drug-likeness (QED) is 0.908. The van der Waals surface area contributed by atoms with Gasteiger partial charge in [-0.2, -0.15) is 0 Å². The van der Waals surface area contributed by atoms with E-state index in [9.17, 15) is 4.79 Å². The molecule has 21 heavy (non-hydrogen) atoms. The Kier molecular flexibility index (Phi) is 4.26. The molecule has 0 saturated carbocycles. The smallest absolute Gasteiger partial charge is 0.254 e. The summed E-state index contributed by atoms with van der Waals surface area (Å²) < 4.78 is 0. The molecular weight excluding hydrogens is 262 g/mol. The summed E-state index contributed by atoms with van der Waals surface area (Å²) >= 11 is 0. The highest BCUT2D eigenvalue weighted by Crippen LogP contribution is 2.29. The topological polar surface area (TPSA) is 59.2 Å². The second kappa shape index (κ2) is 5.66. The molecule has 2 atom stereocenters. The summed E-state index contributed by atoms with van der Waals surface area (Å²) in [7, 11) is 0. The van der Waals surface area contributed by atoms with Crippen molar-refractivity contribution in [1.29, 1.82) is 0 Å². The number of rotatable bonds is 2. The van der Waals surface area contributed by atoms with Gasteiger partial charge in [0, 0.05) is 28.8 Å². The van der Waals surface area contributed by atoms with Gasteiger partial charge in [-0.25, -0.2) is 4.98 Å². The normalized spacial score (nSPS) is 22.6. The van der Waals surface area contributed by atoms with E-state index in [0.717, 1.165) is 25.0 Å². The number of pyridine rings is 1. The maximum Gasteiger partial charge on any atom is 0.254 e. The zero-order chi connectivity index (χ0) is 15.8. The first-order valence-electron chi connectivity index (χ1n) is 7.84. The van der Waals surface area contributed by atoms with Gasteiger partial charge in [-0.05, 0) is 38.3 Å². The van der Waals surface area contributed by atoms with Gasteiger partial charge >= 0.3 is 0 Å². The SMILES string of the molecule is CCC1CCC(C)N1C(=O)c1cc(N)nc(C(C)(C)C)c1. The minimum Gasteiger partial charge on any atom is -0.384 e. The Balaban J connectivity index is 2.37. The molecule has 2 unspecified atom stereocenters. The van der Waals surface area contributed by atoms with E-state index < -0.39 is 0 Å². The Morgan fingerprint density at radius 1 is 1.38 bits per heavy atom. The van der Waals surface area contributed by atoms with E-state index in [1.54, 1.807) is 6.07 Å². The van der Waals surface area contributed by atoms with Crippen LogP contribution in [-0.4, -0.2) is 27.9 Å². The number of anilines is 1. The Morgan fingerprint density at radius 3 is 2.62 bits per heavy atom. The van der Waals surface area contributed by atoms with E-state index in [1.165, 1.54) is 0 Å². The van der Waals surface area contributed by atoms with Gasteiger partial charge in [0.15, 0.2) is 0 Å². The maximum absolute atomic E-state index is 12.9. The molecule has 2 rings (SSSR count). The van der Waals surface area contributed by atoms with Crippen LogP contribution in [0.15, 0.2) is 12.1 Å². The van der Waals surface area contributed by atoms with Crippen LogP contribution in [0, 0.1) is 0 Å². The fourth-order valence-electron chi connectivity index (χ4n) is 3.05. The van der Waals surface area contributed by atoms with Crippen LogP contribution >= 0.6 is 0 Å². The predicted molar refractivity (Wildman–Crippen MR) is 86.3 cm³/mol. The molecule has 2 heterocycles. The molecule has 2 N–H and O–H groups in total. The minimum absolute atomic E-state index is 0.0893. The van der Waals surface area contributed by atoms with Crippen LogP contribution in [0.25, 0.3) is 0 Å². The van der Waals surface area contributed by atoms with Crippen molar-refractivity contribution < 1.29 is 4.79 Å². The molecule has 1 saturated heterocycles. The third kappa shape index (κ3) is 3.20. The van der Waals surface area contributed by atoms with Crippen LogP contribution in [0.2, 0.25) is 0 Å². The van der Waals surface area contributed by atoms with E-state index in [2.05, 4.69) is 39.6 Å². The van der Waals surface area contributed by atoms with Crippen molar-refractivity contribution in [1.82, 2.24) is 9.88 Å². The molecule has 0 aromatic carbocycles. The zero-order valence-electron chi connectivity index (χ0n) is 13.8. The number of aromatic nitrogens is 1. The van der Waals surface area contributed by atoms with Gasteiger partial charge in [0.1, 0.15) is 5.82 Å². The standard InChI is InChI=1S/C17H27N3O/c1-6-13-8-7-11(2)20(13)16(21)12-9-14(17(3,4)5)19-15(18)10-12/h9-11,13H,6-8H2,1-5H3,(H2,18,19). The number of nitrogen functional groups attached to an aromatic ring is 1. The lowest BCUT2D eigenvalue weighted by Gasteiger charge is -2.29. The number of hydrogen-bond acceptors (Lipinski definition) is 3. The molecule has 4 heteroatoms. The van der Waals surface area contributed by atoms with Gasteiger partial charge in [0.2, 0.25) is 0 Å². The van der Waals surface area contributed by atoms with Crippen LogP contribution < -0.4 is 5.73 Å². The van der Waals surface area contributed by atoms with Crippen molar-refractivity contribution in [3.63, 3.8) is 0 Å². The number of carbonyl (C=O) groups is 1. The van der Waals surface area contributed by atoms with Crippen molar-refractivity contribution in [3.05, 3.63) is 23.4 Å². The molecule has 0 spiro atoms. The third-order valence-electron chi connectivity index (χ3n) is 4.35. The number of amides is 1. The summed E-state index contributed by atoms with van der Waals surface area (Å²) in [5.74, 6) is 0.511. The van der Waals surface area contributed by atoms with Gasteiger partial charge in [0.05, 0.1) is 0 Å². The molecule has 0 radical (unpaired) electrons. The second-order valence-corrected chi connectivity index (χ2v) is 7.12. The summed E-state index contributed by atoms with van der Waals surface area (Å²) in [5, 5.41) is 0. The minimum atomic E-state index is -0.120. The van der Waals surface area contributed by atoms with Crippen molar-refractivity contribution in [3.8, 4) is 0 Å². The van der Waals surface area contributed by atoms with E-state index in [0.29, 0.717) is 23.5 Å². The van der Waals surface area contributed by atoms with Gasteiger partial charge in [-0.3, -0.25) is 4.79 Å². The van der Waals surface area contributed by atoms with Crippen LogP contribution in [0.4, 0.5) is 5.82 Å². The molecule has 4 nitrogen and oxygen atoms in total. The first kappa shape index (κ1) is 15.8. The Morgan fingerprint density at radius 2 is 2.05 bits per heavy atom. The fraction of sp³-hybridized carbons (Fsp3) is 0.647. The van der Waals surface area contributed by atoms with E-state index in [1.807, 2.05) is 11.0 Å². The van der Waals surface area contributed by atoms with Crippen molar-refractivity contribution in [2.24, 2.45) is 0 Å². The van der Waals surface area contributed by atoms with Crippen molar-refractivity contribution >= 4 is 11.7 Å². The number of carbonyl (C=O) groups excluding carboxylic acids is 1. The Labute approximate surface area is 127 Å². The third-order valence-corrected chi connectivity index (χ3v) is 4.35. The molecule has 1 aliphatic rings. The lowest BCUT2D eigenvalue weighted by atomic mass is 9.90. The first-order chi connectivity index (χ1) is 9.74. The van der Waals surface area contributed by atoms with Crippen molar-refractivity contribution in [2.45, 2.75) is 71.4 Å². The number of likely N-dealkylation sites (tertiary alicyclic amines) is 1. The van der Waals surface area contributed by atoms with Gasteiger partial charge < -0.3 is 10.6 Å². The van der Waals surface area contributed by atoms with Crippen LogP contribution in [0.3, 0.4) is 0 Å². The highest BCUT2D eigenvalue weighted by Gasteiger charge is 2.34. The Bertz CT molecular complexity index is 533. The summed E-state index contributed by atoms with van der Waals surface area (Å²) in [5.41, 5.74) is 7.33. The molecular formula is C17H27N3O. The highest BCUT2D eigenvalue weighted by molar-refractivity contribution is 5.95. The summed E-state index contributed by atoms with van der Waals surface area (Å²) in [6.07, 6.45) is 3.18. The number of nitrogens with zero attached hydrogens (tertiary/aromatic N) is 2. The molecule has 1 aromatic rings. The average Bonchev–Trinajstić information content (AvgIpc) is 2.77. The van der Waals surface area contributed by atoms with Crippen LogP contribution in [0.5, 0.6) is 0 Å². The van der Waals surface area contributed by atoms with Gasteiger partial charge in [-0.1, -0.05) is 27.7 Å². The highest BCUT2D eigenvalue weighted by atomic mass is 16.2. The first-order valence-corrected chi connectivity index (χ1v) is 7.84. The average molecular weight is 289 g/mol. The summed E-state index contributed by atoms with van der Waals surface area (Å²) in [6.45, 7) is 10.5. The van der Waals surface area contributed by atoms with E-state index >= 15 is 0 Å². The molecule has 116 valence electrons. The molecule has 1 amide bonds. The molecule has 1 aromatic heterocycles.